The van der Waals surface area contributed by atoms with Crippen molar-refractivity contribution in [2.75, 3.05) is 19.8 Å². The Labute approximate surface area is 172 Å². The molecule has 1 aliphatic heterocycles. The molecule has 0 aromatic heterocycles. The van der Waals surface area contributed by atoms with Gasteiger partial charge in [0.15, 0.2) is 0 Å². The van der Waals surface area contributed by atoms with E-state index in [1.807, 2.05) is 54.6 Å². The second-order valence-corrected chi connectivity index (χ2v) is 8.75. The van der Waals surface area contributed by atoms with Crippen molar-refractivity contribution in [3.05, 3.63) is 78.4 Å². The number of carbonyl (C=O) groups is 1. The van der Waals surface area contributed by atoms with E-state index in [9.17, 15) is 9.36 Å². The largest absolute Gasteiger partial charge is 0.493 e. The normalized spacial score (nSPS) is 19.7. The summed E-state index contributed by atoms with van der Waals surface area (Å²) in [6.45, 7) is 7.97. The van der Waals surface area contributed by atoms with Crippen LogP contribution in [0.2, 0.25) is 0 Å². The van der Waals surface area contributed by atoms with Gasteiger partial charge in [0.1, 0.15) is 5.75 Å². The van der Waals surface area contributed by atoms with Crippen molar-refractivity contribution in [1.29, 1.82) is 0 Å². The Morgan fingerprint density at radius 2 is 1.76 bits per heavy atom. The molecule has 2 aromatic rings. The summed E-state index contributed by atoms with van der Waals surface area (Å²) in [5.41, 5.74) is -0.118. The second kappa shape index (κ2) is 9.08. The highest BCUT2D eigenvalue weighted by atomic mass is 31.2. The van der Waals surface area contributed by atoms with E-state index in [0.717, 1.165) is 5.56 Å². The maximum atomic E-state index is 14.0. The van der Waals surface area contributed by atoms with Crippen LogP contribution in [0, 0.1) is 0 Å². The molecule has 0 fully saturated rings. The van der Waals surface area contributed by atoms with Crippen molar-refractivity contribution >= 4 is 13.1 Å². The van der Waals surface area contributed by atoms with Crippen LogP contribution in [0.5, 0.6) is 5.75 Å². The second-order valence-electron chi connectivity index (χ2n) is 6.83. The van der Waals surface area contributed by atoms with Crippen LogP contribution in [0.15, 0.2) is 67.3 Å². The third-order valence-corrected chi connectivity index (χ3v) is 7.37. The van der Waals surface area contributed by atoms with Crippen LogP contribution < -0.4 is 4.74 Å². The number of rotatable bonds is 9. The maximum absolute atomic E-state index is 14.0. The highest BCUT2D eigenvalue weighted by Gasteiger charge is 2.57. The van der Waals surface area contributed by atoms with Gasteiger partial charge >= 0.3 is 7.60 Å². The fraction of sp³-hybridized carbons (Fsp3) is 0.348. The van der Waals surface area contributed by atoms with Crippen molar-refractivity contribution in [2.24, 2.45) is 0 Å². The van der Waals surface area contributed by atoms with E-state index in [4.69, 9.17) is 13.8 Å². The average Bonchev–Trinajstić information content (AvgIpc) is 2.75. The molecule has 0 amide bonds. The molecular formula is C23H27O5P. The van der Waals surface area contributed by atoms with Gasteiger partial charge < -0.3 is 13.8 Å². The number of benzene rings is 2. The first-order valence-corrected chi connectivity index (χ1v) is 11.4. The van der Waals surface area contributed by atoms with Crippen molar-refractivity contribution < 1.29 is 23.1 Å². The summed E-state index contributed by atoms with van der Waals surface area (Å²) in [7, 11) is -4.03. The number of fused-ring (bicyclic) bond motifs is 1. The number of allylic oxidation sites excluding steroid dienone is 1. The van der Waals surface area contributed by atoms with E-state index in [1.165, 1.54) is 0 Å². The first kappa shape index (κ1) is 21.5. The van der Waals surface area contributed by atoms with E-state index in [0.29, 0.717) is 24.3 Å². The van der Waals surface area contributed by atoms with Gasteiger partial charge in [-0.1, -0.05) is 54.6 Å². The monoisotopic (exact) mass is 414 g/mol. The smallest absolute Gasteiger partial charge is 0.397 e. The van der Waals surface area contributed by atoms with Gasteiger partial charge in [-0.3, -0.25) is 9.36 Å². The van der Waals surface area contributed by atoms with E-state index in [1.54, 1.807) is 19.9 Å². The molecule has 6 heteroatoms. The molecule has 154 valence electrons. The SMILES string of the molecule is C=C[C@H](c1ccccc1)[C@]1(C(=O)P(=O)(OCC)OCC)CCOc2ccccc21. The van der Waals surface area contributed by atoms with E-state index < -0.39 is 24.5 Å². The Hall–Kier alpha value is -2.20. The molecule has 1 heterocycles. The number of carbonyl (C=O) groups excluding carboxylic acids is 1. The molecular weight excluding hydrogens is 387 g/mol. The molecule has 0 bridgehead atoms. The van der Waals surface area contributed by atoms with Crippen LogP contribution in [0.25, 0.3) is 0 Å². The van der Waals surface area contributed by atoms with Crippen molar-refractivity contribution in [2.45, 2.75) is 31.6 Å². The van der Waals surface area contributed by atoms with Gasteiger partial charge in [0.05, 0.1) is 25.2 Å². The molecule has 0 aliphatic carbocycles. The van der Waals surface area contributed by atoms with E-state index in [-0.39, 0.29) is 13.2 Å². The van der Waals surface area contributed by atoms with Gasteiger partial charge in [0.2, 0.25) is 0 Å². The average molecular weight is 414 g/mol. The number of ether oxygens (including phenoxy) is 1. The fourth-order valence-electron chi connectivity index (χ4n) is 4.12. The van der Waals surface area contributed by atoms with Crippen LogP contribution >= 0.6 is 7.60 Å². The molecule has 5 nitrogen and oxygen atoms in total. The molecule has 0 N–H and O–H groups in total. The lowest BCUT2D eigenvalue weighted by atomic mass is 9.65. The van der Waals surface area contributed by atoms with Crippen LogP contribution in [0.4, 0.5) is 0 Å². The lowest BCUT2D eigenvalue weighted by Crippen LogP contribution is -2.45. The molecule has 1 aliphatic rings. The summed E-state index contributed by atoms with van der Waals surface area (Å²) >= 11 is 0. The Morgan fingerprint density at radius 1 is 1.14 bits per heavy atom. The molecule has 0 saturated carbocycles. The summed E-state index contributed by atoms with van der Waals surface area (Å²) < 4.78 is 30.4. The molecule has 0 spiro atoms. The quantitative estimate of drug-likeness (QED) is 0.402. The molecule has 0 radical (unpaired) electrons. The highest BCUT2D eigenvalue weighted by Crippen LogP contribution is 2.61. The Bertz CT molecular complexity index is 900. The Balaban J connectivity index is 2.28. The van der Waals surface area contributed by atoms with Crippen LogP contribution in [0.3, 0.4) is 0 Å². The van der Waals surface area contributed by atoms with Gasteiger partial charge in [-0.05, 0) is 31.9 Å². The summed E-state index contributed by atoms with van der Waals surface area (Å²) in [6.07, 6.45) is 2.09. The lowest BCUT2D eigenvalue weighted by Gasteiger charge is -2.43. The molecule has 0 unspecified atom stereocenters. The van der Waals surface area contributed by atoms with E-state index >= 15 is 0 Å². The molecule has 3 rings (SSSR count). The maximum Gasteiger partial charge on any atom is 0.397 e. The number of hydrogen-bond donors (Lipinski definition) is 0. The predicted octanol–water partition coefficient (Wildman–Crippen LogP) is 5.47. The van der Waals surface area contributed by atoms with Gasteiger partial charge in [0, 0.05) is 11.5 Å². The third-order valence-electron chi connectivity index (χ3n) is 5.28. The number of para-hydroxylation sites is 1. The zero-order valence-corrected chi connectivity index (χ0v) is 17.8. The standard InChI is InChI=1S/C23H27O5P/c1-4-19(18-12-8-7-9-13-18)23(22(24)29(25,27-5-2)28-6-3)16-17-26-21-15-11-10-14-20(21)23/h4,7-15,19H,1,5-6,16-17H2,2-3H3/t19-,23-/m1/s1. The van der Waals surface area contributed by atoms with Crippen molar-refractivity contribution in [1.82, 2.24) is 0 Å². The lowest BCUT2D eigenvalue weighted by molar-refractivity contribution is -0.120. The Kier molecular flexibility index (Phi) is 6.74. The summed E-state index contributed by atoms with van der Waals surface area (Å²) in [5, 5.41) is 0. The molecule has 29 heavy (non-hydrogen) atoms. The van der Waals surface area contributed by atoms with Crippen LogP contribution in [0.1, 0.15) is 37.3 Å². The van der Waals surface area contributed by atoms with Crippen LogP contribution in [-0.4, -0.2) is 25.3 Å². The highest BCUT2D eigenvalue weighted by molar-refractivity contribution is 7.72. The third kappa shape index (κ3) is 3.83. The number of hydrogen-bond acceptors (Lipinski definition) is 5. The minimum absolute atomic E-state index is 0.112. The summed E-state index contributed by atoms with van der Waals surface area (Å²) in [5.74, 6) is 0.185. The topological polar surface area (TPSA) is 61.8 Å². The van der Waals surface area contributed by atoms with Gasteiger partial charge in [-0.15, -0.1) is 6.58 Å². The summed E-state index contributed by atoms with van der Waals surface area (Å²) in [4.78, 5) is 14.0. The van der Waals surface area contributed by atoms with Gasteiger partial charge in [-0.25, -0.2) is 0 Å². The van der Waals surface area contributed by atoms with Gasteiger partial charge in [-0.2, -0.15) is 0 Å². The zero-order chi connectivity index (χ0) is 20.9. The Morgan fingerprint density at radius 3 is 2.38 bits per heavy atom. The van der Waals surface area contributed by atoms with Gasteiger partial charge in [0.25, 0.3) is 5.52 Å². The molecule has 2 atom stereocenters. The minimum Gasteiger partial charge on any atom is -0.493 e. The van der Waals surface area contributed by atoms with Crippen molar-refractivity contribution in [3.8, 4) is 5.75 Å². The fourth-order valence-corrected chi connectivity index (χ4v) is 5.97. The molecule has 2 aromatic carbocycles. The minimum atomic E-state index is -4.03. The molecule has 0 saturated heterocycles. The zero-order valence-electron chi connectivity index (χ0n) is 16.9. The summed E-state index contributed by atoms with van der Waals surface area (Å²) in [6, 6.07) is 17.0. The van der Waals surface area contributed by atoms with E-state index in [2.05, 4.69) is 6.58 Å². The predicted molar refractivity (Wildman–Crippen MR) is 113 cm³/mol. The van der Waals surface area contributed by atoms with Crippen molar-refractivity contribution in [3.63, 3.8) is 0 Å². The first-order chi connectivity index (χ1) is 14.0. The van der Waals surface area contributed by atoms with Crippen LogP contribution in [-0.2, 0) is 23.8 Å². The first-order valence-electron chi connectivity index (χ1n) is 9.87.